The van der Waals surface area contributed by atoms with Crippen LogP contribution in [0.4, 0.5) is 15.3 Å². The number of piperazine rings is 1. The van der Waals surface area contributed by atoms with Crippen molar-refractivity contribution in [2.24, 2.45) is 0 Å². The molecule has 3 saturated heterocycles. The number of benzene rings is 2. The monoisotopic (exact) mass is 636 g/mol. The fraction of sp³-hybridized carbons (Fsp3) is 0.559. The number of piperidine rings is 2. The van der Waals surface area contributed by atoms with E-state index in [2.05, 4.69) is 21.6 Å². The van der Waals surface area contributed by atoms with Gasteiger partial charge in [-0.1, -0.05) is 41.9 Å². The van der Waals surface area contributed by atoms with E-state index in [1.54, 1.807) is 4.90 Å². The zero-order valence-electron chi connectivity index (χ0n) is 26.2. The standard InChI is InChI=1S/C34H45ClN6O4/c1-24-6-7-25(22-29(24)35)23-31(32(42)39-15-9-27(10-16-39)38-20-13-36-14-21-38)45-34(44)40-17-11-28(12-18-40)41-19-8-26-4-2-3-5-30(26)37-33(41)43/h2-7,22,27-28,31,36H,8-21,23H2,1H3,(H,37,43). The van der Waals surface area contributed by atoms with Crippen LogP contribution in [0.25, 0.3) is 0 Å². The third-order valence-corrected chi connectivity index (χ3v) is 10.3. The quantitative estimate of drug-likeness (QED) is 0.495. The SMILES string of the molecule is Cc1ccc(CC(OC(=O)N2CCC(N3CCc4ccccc4NC3=O)CC2)C(=O)N2CCC(N3CCNCC3)CC2)cc1Cl. The Labute approximate surface area is 271 Å². The smallest absolute Gasteiger partial charge is 0.410 e. The molecule has 242 valence electrons. The zero-order valence-corrected chi connectivity index (χ0v) is 26.9. The van der Waals surface area contributed by atoms with Crippen molar-refractivity contribution >= 4 is 35.3 Å². The number of hydrogen-bond donors (Lipinski definition) is 2. The molecule has 1 atom stereocenters. The fourth-order valence-electron chi connectivity index (χ4n) is 7.15. The van der Waals surface area contributed by atoms with Crippen LogP contribution in [0.15, 0.2) is 42.5 Å². The van der Waals surface area contributed by atoms with Crippen molar-refractivity contribution in [2.75, 3.05) is 64.2 Å². The van der Waals surface area contributed by atoms with Crippen LogP contribution in [0.2, 0.25) is 5.02 Å². The van der Waals surface area contributed by atoms with Crippen LogP contribution in [0.1, 0.15) is 42.4 Å². The van der Waals surface area contributed by atoms with Gasteiger partial charge in [0.2, 0.25) is 0 Å². The highest BCUT2D eigenvalue weighted by molar-refractivity contribution is 6.31. The number of nitrogens with zero attached hydrogens (tertiary/aromatic N) is 4. The number of halogens is 1. The highest BCUT2D eigenvalue weighted by Crippen LogP contribution is 2.26. The Morgan fingerprint density at radius 1 is 0.911 bits per heavy atom. The Balaban J connectivity index is 1.07. The molecule has 4 aliphatic rings. The van der Waals surface area contributed by atoms with E-state index >= 15 is 0 Å². The molecule has 4 heterocycles. The van der Waals surface area contributed by atoms with Crippen molar-refractivity contribution in [3.8, 4) is 0 Å². The predicted molar refractivity (Wildman–Crippen MR) is 175 cm³/mol. The molecule has 0 radical (unpaired) electrons. The Bertz CT molecular complexity index is 1370. The lowest BCUT2D eigenvalue weighted by Gasteiger charge is -2.41. The van der Waals surface area contributed by atoms with Gasteiger partial charge in [0.25, 0.3) is 5.91 Å². The molecule has 6 rings (SSSR count). The lowest BCUT2D eigenvalue weighted by atomic mass is 10.00. The lowest BCUT2D eigenvalue weighted by Crippen LogP contribution is -2.54. The van der Waals surface area contributed by atoms with Gasteiger partial charge in [-0.05, 0) is 67.9 Å². The number of urea groups is 1. The van der Waals surface area contributed by atoms with Gasteiger partial charge in [0.05, 0.1) is 0 Å². The van der Waals surface area contributed by atoms with Crippen molar-refractivity contribution in [1.82, 2.24) is 24.9 Å². The molecule has 2 N–H and O–H groups in total. The van der Waals surface area contributed by atoms with Crippen LogP contribution in [-0.4, -0.2) is 115 Å². The van der Waals surface area contributed by atoms with Crippen molar-refractivity contribution in [2.45, 2.75) is 63.6 Å². The highest BCUT2D eigenvalue weighted by atomic mass is 35.5. The third kappa shape index (κ3) is 7.56. The molecule has 2 aromatic rings. The number of rotatable bonds is 6. The number of amides is 4. The van der Waals surface area contributed by atoms with Crippen molar-refractivity contribution < 1.29 is 19.1 Å². The van der Waals surface area contributed by atoms with Crippen LogP contribution in [-0.2, 0) is 22.4 Å². The van der Waals surface area contributed by atoms with E-state index in [9.17, 15) is 14.4 Å². The first-order valence-electron chi connectivity index (χ1n) is 16.5. The molecule has 0 aliphatic carbocycles. The van der Waals surface area contributed by atoms with E-state index in [4.69, 9.17) is 16.3 Å². The second kappa shape index (κ2) is 14.4. The van der Waals surface area contributed by atoms with Crippen LogP contribution >= 0.6 is 11.6 Å². The van der Waals surface area contributed by atoms with Crippen LogP contribution in [0.3, 0.4) is 0 Å². The van der Waals surface area contributed by atoms with Gasteiger partial charge >= 0.3 is 12.1 Å². The van der Waals surface area contributed by atoms with Gasteiger partial charge in [0.15, 0.2) is 6.10 Å². The van der Waals surface area contributed by atoms with Crippen molar-refractivity contribution in [1.29, 1.82) is 0 Å². The molecule has 4 aliphatic heterocycles. The lowest BCUT2D eigenvalue weighted by molar-refractivity contribution is -0.142. The van der Waals surface area contributed by atoms with Gasteiger partial charge in [0, 0.05) is 88.1 Å². The minimum absolute atomic E-state index is 0.0347. The van der Waals surface area contributed by atoms with E-state index in [0.29, 0.717) is 56.6 Å². The summed E-state index contributed by atoms with van der Waals surface area (Å²) in [5.41, 5.74) is 3.82. The topological polar surface area (TPSA) is 97.5 Å². The normalized spacial score (nSPS) is 21.1. The minimum Gasteiger partial charge on any atom is -0.436 e. The first-order valence-corrected chi connectivity index (χ1v) is 16.8. The molecule has 0 spiro atoms. The Kier molecular flexibility index (Phi) is 10.1. The first kappa shape index (κ1) is 31.6. The number of aryl methyl sites for hydroxylation is 1. The van der Waals surface area contributed by atoms with Gasteiger partial charge in [-0.2, -0.15) is 0 Å². The van der Waals surface area contributed by atoms with Gasteiger partial charge < -0.3 is 30.1 Å². The van der Waals surface area contributed by atoms with Crippen molar-refractivity contribution in [3.05, 3.63) is 64.2 Å². The Morgan fingerprint density at radius 3 is 2.33 bits per heavy atom. The fourth-order valence-corrected chi connectivity index (χ4v) is 7.36. The number of carbonyl (C=O) groups is 3. The largest absolute Gasteiger partial charge is 0.436 e. The van der Waals surface area contributed by atoms with Crippen LogP contribution < -0.4 is 10.6 Å². The number of hydrogen-bond acceptors (Lipinski definition) is 6. The van der Waals surface area contributed by atoms with Gasteiger partial charge in [0.1, 0.15) is 0 Å². The number of fused-ring (bicyclic) bond motifs is 1. The summed E-state index contributed by atoms with van der Waals surface area (Å²) in [6.45, 7) is 8.92. The summed E-state index contributed by atoms with van der Waals surface area (Å²) in [6.07, 6.45) is 2.81. The summed E-state index contributed by atoms with van der Waals surface area (Å²) in [7, 11) is 0. The van der Waals surface area contributed by atoms with E-state index in [1.807, 2.05) is 53.1 Å². The van der Waals surface area contributed by atoms with E-state index in [1.165, 1.54) is 0 Å². The Morgan fingerprint density at radius 2 is 1.60 bits per heavy atom. The van der Waals surface area contributed by atoms with Gasteiger partial charge in [-0.15, -0.1) is 0 Å². The molecular formula is C34H45ClN6O4. The number of ether oxygens (including phenoxy) is 1. The molecule has 11 heteroatoms. The summed E-state index contributed by atoms with van der Waals surface area (Å²) >= 11 is 6.41. The number of likely N-dealkylation sites (tertiary alicyclic amines) is 2. The van der Waals surface area contributed by atoms with Gasteiger partial charge in [-0.25, -0.2) is 9.59 Å². The first-order chi connectivity index (χ1) is 21.9. The summed E-state index contributed by atoms with van der Waals surface area (Å²) < 4.78 is 6.03. The average molecular weight is 637 g/mol. The second-order valence-corrected chi connectivity index (χ2v) is 13.2. The second-order valence-electron chi connectivity index (χ2n) is 12.8. The zero-order chi connectivity index (χ0) is 31.3. The molecule has 45 heavy (non-hydrogen) atoms. The highest BCUT2D eigenvalue weighted by Gasteiger charge is 2.36. The maximum absolute atomic E-state index is 13.9. The van der Waals surface area contributed by atoms with Crippen molar-refractivity contribution in [3.63, 3.8) is 0 Å². The molecule has 0 bridgehead atoms. The molecule has 4 amide bonds. The predicted octanol–water partition coefficient (Wildman–Crippen LogP) is 4.15. The Hall–Kier alpha value is -3.34. The molecular weight excluding hydrogens is 592 g/mol. The maximum atomic E-state index is 13.9. The van der Waals surface area contributed by atoms with E-state index in [0.717, 1.165) is 67.8 Å². The molecule has 1 unspecified atom stereocenters. The number of para-hydroxylation sites is 1. The number of nitrogens with one attached hydrogen (secondary N) is 2. The van der Waals surface area contributed by atoms with Crippen LogP contribution in [0.5, 0.6) is 0 Å². The molecule has 3 fully saturated rings. The number of anilines is 1. The van der Waals surface area contributed by atoms with Gasteiger partial charge in [-0.3, -0.25) is 9.69 Å². The molecule has 0 saturated carbocycles. The molecule has 2 aromatic carbocycles. The summed E-state index contributed by atoms with van der Waals surface area (Å²) in [6, 6.07) is 14.1. The average Bonchev–Trinajstić information content (AvgIpc) is 3.24. The molecule has 10 nitrogen and oxygen atoms in total. The minimum atomic E-state index is -0.931. The molecule has 0 aromatic heterocycles. The third-order valence-electron chi connectivity index (χ3n) is 9.93. The maximum Gasteiger partial charge on any atom is 0.410 e. The number of carbonyl (C=O) groups excluding carboxylic acids is 3. The van der Waals surface area contributed by atoms with Crippen LogP contribution in [0, 0.1) is 6.92 Å². The summed E-state index contributed by atoms with van der Waals surface area (Å²) in [5, 5.41) is 7.09. The van der Waals surface area contributed by atoms with E-state index in [-0.39, 0.29) is 24.4 Å². The summed E-state index contributed by atoms with van der Waals surface area (Å²) in [5.74, 6) is -0.144. The summed E-state index contributed by atoms with van der Waals surface area (Å²) in [4.78, 5) is 48.4. The van der Waals surface area contributed by atoms with E-state index < -0.39 is 12.2 Å².